The summed E-state index contributed by atoms with van der Waals surface area (Å²) in [7, 11) is 4.69. The summed E-state index contributed by atoms with van der Waals surface area (Å²) in [6, 6.07) is 3.52. The Hall–Kier alpha value is -1.66. The molecule has 0 aliphatic heterocycles. The fourth-order valence-corrected chi connectivity index (χ4v) is 1.94. The Labute approximate surface area is 130 Å². The molecule has 0 unspecified atom stereocenters. The molecule has 0 heterocycles. The Balaban J connectivity index is 0.00000220. The van der Waals surface area contributed by atoms with Gasteiger partial charge in [-0.15, -0.1) is 12.4 Å². The molecule has 0 bridgehead atoms. The van der Waals surface area contributed by atoms with Crippen molar-refractivity contribution in [2.24, 2.45) is 5.73 Å². The first kappa shape index (κ1) is 17.4. The molecule has 21 heavy (non-hydrogen) atoms. The van der Waals surface area contributed by atoms with E-state index in [1.807, 2.05) is 0 Å². The smallest absolute Gasteiger partial charge is 0.240 e. The van der Waals surface area contributed by atoms with Crippen molar-refractivity contribution in [1.29, 1.82) is 0 Å². The SMILES string of the molecule is COc1cc(OC)c(OC)cc1CNC(=O)C1(N)CC1.Cl. The first-order valence-corrected chi connectivity index (χ1v) is 6.40. The highest BCUT2D eigenvalue weighted by Gasteiger charge is 2.45. The predicted molar refractivity (Wildman–Crippen MR) is 81.3 cm³/mol. The molecule has 0 saturated heterocycles. The number of hydrogen-bond donors (Lipinski definition) is 2. The molecule has 0 aromatic heterocycles. The van der Waals surface area contributed by atoms with Crippen LogP contribution in [0.5, 0.6) is 17.2 Å². The third kappa shape index (κ3) is 3.71. The first-order valence-electron chi connectivity index (χ1n) is 6.40. The van der Waals surface area contributed by atoms with E-state index >= 15 is 0 Å². The molecule has 0 atom stereocenters. The zero-order valence-electron chi connectivity index (χ0n) is 12.4. The van der Waals surface area contributed by atoms with Crippen LogP contribution in [-0.4, -0.2) is 32.8 Å². The van der Waals surface area contributed by atoms with Crippen molar-refractivity contribution in [1.82, 2.24) is 5.32 Å². The Morgan fingerprint density at radius 2 is 1.67 bits per heavy atom. The average Bonchev–Trinajstić information content (AvgIpc) is 3.22. The number of nitrogens with one attached hydrogen (secondary N) is 1. The molecule has 6 nitrogen and oxygen atoms in total. The molecule has 7 heteroatoms. The number of ether oxygens (including phenoxy) is 3. The quantitative estimate of drug-likeness (QED) is 0.825. The lowest BCUT2D eigenvalue weighted by Crippen LogP contribution is -2.42. The van der Waals surface area contributed by atoms with Gasteiger partial charge in [0.15, 0.2) is 11.5 Å². The largest absolute Gasteiger partial charge is 0.496 e. The van der Waals surface area contributed by atoms with E-state index in [4.69, 9.17) is 19.9 Å². The molecule has 1 fully saturated rings. The third-order valence-electron chi connectivity index (χ3n) is 3.47. The highest BCUT2D eigenvalue weighted by molar-refractivity contribution is 5.89. The van der Waals surface area contributed by atoms with Crippen LogP contribution >= 0.6 is 12.4 Å². The third-order valence-corrected chi connectivity index (χ3v) is 3.47. The molecule has 1 aromatic rings. The number of halogens is 1. The first-order chi connectivity index (χ1) is 9.54. The summed E-state index contributed by atoms with van der Waals surface area (Å²) in [5.74, 6) is 1.67. The fraction of sp³-hybridized carbons (Fsp3) is 0.500. The summed E-state index contributed by atoms with van der Waals surface area (Å²) in [4.78, 5) is 11.8. The second-order valence-electron chi connectivity index (χ2n) is 4.86. The van der Waals surface area contributed by atoms with Crippen LogP contribution in [0, 0.1) is 0 Å². The van der Waals surface area contributed by atoms with Gasteiger partial charge in [-0.3, -0.25) is 4.79 Å². The van der Waals surface area contributed by atoms with Crippen molar-refractivity contribution >= 4 is 18.3 Å². The number of rotatable bonds is 6. The molecule has 1 amide bonds. The highest BCUT2D eigenvalue weighted by atomic mass is 35.5. The molecular formula is C14H21ClN2O4. The van der Waals surface area contributed by atoms with Crippen LogP contribution < -0.4 is 25.3 Å². The van der Waals surface area contributed by atoms with Gasteiger partial charge in [-0.1, -0.05) is 0 Å². The van der Waals surface area contributed by atoms with Crippen molar-refractivity contribution in [3.8, 4) is 17.2 Å². The van der Waals surface area contributed by atoms with Gasteiger partial charge in [0.1, 0.15) is 5.75 Å². The molecule has 1 saturated carbocycles. The minimum absolute atomic E-state index is 0. The van der Waals surface area contributed by atoms with E-state index in [-0.39, 0.29) is 18.3 Å². The molecule has 3 N–H and O–H groups in total. The summed E-state index contributed by atoms with van der Waals surface area (Å²) >= 11 is 0. The zero-order chi connectivity index (χ0) is 14.8. The number of carbonyl (C=O) groups excluding carboxylic acids is 1. The molecule has 1 aromatic carbocycles. The van der Waals surface area contributed by atoms with Gasteiger partial charge in [-0.25, -0.2) is 0 Å². The fourth-order valence-electron chi connectivity index (χ4n) is 1.94. The number of carbonyl (C=O) groups is 1. The van der Waals surface area contributed by atoms with Gasteiger partial charge in [0.25, 0.3) is 0 Å². The maximum atomic E-state index is 11.8. The second kappa shape index (κ2) is 6.87. The van der Waals surface area contributed by atoms with Gasteiger partial charge in [-0.05, 0) is 18.9 Å². The lowest BCUT2D eigenvalue weighted by Gasteiger charge is -2.15. The van der Waals surface area contributed by atoms with E-state index in [0.717, 1.165) is 18.4 Å². The van der Waals surface area contributed by atoms with Crippen LogP contribution in [-0.2, 0) is 11.3 Å². The monoisotopic (exact) mass is 316 g/mol. The zero-order valence-corrected chi connectivity index (χ0v) is 13.2. The number of methoxy groups -OCH3 is 3. The van der Waals surface area contributed by atoms with Crippen LogP contribution in [0.2, 0.25) is 0 Å². The van der Waals surface area contributed by atoms with Gasteiger partial charge in [0.05, 0.1) is 26.9 Å². The minimum Gasteiger partial charge on any atom is -0.496 e. The molecule has 1 aliphatic carbocycles. The van der Waals surface area contributed by atoms with E-state index in [1.165, 1.54) is 0 Å². The maximum absolute atomic E-state index is 11.8. The summed E-state index contributed by atoms with van der Waals surface area (Å²) in [6.07, 6.45) is 1.48. The minimum atomic E-state index is -0.677. The normalized spacial score (nSPS) is 14.7. The van der Waals surface area contributed by atoms with Gasteiger partial charge >= 0.3 is 0 Å². The molecule has 2 rings (SSSR count). The maximum Gasteiger partial charge on any atom is 0.240 e. The predicted octanol–water partition coefficient (Wildman–Crippen LogP) is 1.24. The number of nitrogens with two attached hydrogens (primary N) is 1. The number of hydrogen-bond acceptors (Lipinski definition) is 5. The lowest BCUT2D eigenvalue weighted by atomic mass is 10.1. The van der Waals surface area contributed by atoms with Gasteiger partial charge < -0.3 is 25.3 Å². The van der Waals surface area contributed by atoms with Crippen LogP contribution in [0.1, 0.15) is 18.4 Å². The Kier molecular flexibility index (Phi) is 5.69. The van der Waals surface area contributed by atoms with Crippen LogP contribution in [0.4, 0.5) is 0 Å². The Morgan fingerprint density at radius 1 is 1.14 bits per heavy atom. The van der Waals surface area contributed by atoms with Crippen molar-refractivity contribution < 1.29 is 19.0 Å². The molecule has 0 radical (unpaired) electrons. The number of amides is 1. The van der Waals surface area contributed by atoms with E-state index < -0.39 is 5.54 Å². The van der Waals surface area contributed by atoms with Crippen molar-refractivity contribution in [2.75, 3.05) is 21.3 Å². The van der Waals surface area contributed by atoms with Crippen molar-refractivity contribution in [3.05, 3.63) is 17.7 Å². The second-order valence-corrected chi connectivity index (χ2v) is 4.86. The van der Waals surface area contributed by atoms with E-state index in [1.54, 1.807) is 33.5 Å². The Bertz CT molecular complexity index is 518. The van der Waals surface area contributed by atoms with E-state index in [2.05, 4.69) is 5.32 Å². The topological polar surface area (TPSA) is 82.8 Å². The lowest BCUT2D eigenvalue weighted by molar-refractivity contribution is -0.123. The summed E-state index contributed by atoms with van der Waals surface area (Å²) in [5.41, 5.74) is 5.97. The molecule has 0 spiro atoms. The standard InChI is InChI=1S/C14H20N2O4.ClH/c1-18-10-7-12(20-3)11(19-2)6-9(10)8-16-13(17)14(15)4-5-14;/h6-7H,4-5,8,15H2,1-3H3,(H,16,17);1H. The molecule has 118 valence electrons. The molecular weight excluding hydrogens is 296 g/mol. The van der Waals surface area contributed by atoms with E-state index in [9.17, 15) is 4.79 Å². The van der Waals surface area contributed by atoms with Gasteiger partial charge in [0.2, 0.25) is 5.91 Å². The summed E-state index contributed by atoms with van der Waals surface area (Å²) in [5, 5.41) is 2.82. The van der Waals surface area contributed by atoms with Crippen LogP contribution in [0.15, 0.2) is 12.1 Å². The van der Waals surface area contributed by atoms with Gasteiger partial charge in [0, 0.05) is 18.2 Å². The average molecular weight is 317 g/mol. The summed E-state index contributed by atoms with van der Waals surface area (Å²) in [6.45, 7) is 0.335. The van der Waals surface area contributed by atoms with Crippen LogP contribution in [0.25, 0.3) is 0 Å². The van der Waals surface area contributed by atoms with Crippen molar-refractivity contribution in [2.45, 2.75) is 24.9 Å². The summed E-state index contributed by atoms with van der Waals surface area (Å²) < 4.78 is 15.8. The Morgan fingerprint density at radius 3 is 2.14 bits per heavy atom. The van der Waals surface area contributed by atoms with Crippen molar-refractivity contribution in [3.63, 3.8) is 0 Å². The van der Waals surface area contributed by atoms with Gasteiger partial charge in [-0.2, -0.15) is 0 Å². The van der Waals surface area contributed by atoms with Crippen LogP contribution in [0.3, 0.4) is 0 Å². The molecule has 1 aliphatic rings. The number of benzene rings is 1. The highest BCUT2D eigenvalue weighted by Crippen LogP contribution is 2.35. The van der Waals surface area contributed by atoms with E-state index in [0.29, 0.717) is 23.8 Å².